The first-order valence-electron chi connectivity index (χ1n) is 8.13. The highest BCUT2D eigenvalue weighted by atomic mass is 16.5. The van der Waals surface area contributed by atoms with Crippen LogP contribution in [0, 0.1) is 0 Å². The number of hydrogen-bond donors (Lipinski definition) is 1. The predicted molar refractivity (Wildman–Crippen MR) is 83.6 cm³/mol. The maximum atomic E-state index is 11.4. The van der Waals surface area contributed by atoms with Gasteiger partial charge in [0.1, 0.15) is 6.10 Å². The van der Waals surface area contributed by atoms with Crippen molar-refractivity contribution in [2.75, 3.05) is 39.3 Å². The number of carbonyl (C=O) groups excluding carboxylic acids is 1. The summed E-state index contributed by atoms with van der Waals surface area (Å²) in [5, 5.41) is 10.8. The number of ether oxygens (including phenoxy) is 1. The van der Waals surface area contributed by atoms with Crippen molar-refractivity contribution in [3.05, 3.63) is 24.3 Å². The molecule has 1 aromatic heterocycles. The number of likely N-dealkylation sites (tertiary alicyclic amines) is 1. The Balaban J connectivity index is 1.56. The number of aromatic nitrogens is 2. The molecule has 2 aliphatic rings. The van der Waals surface area contributed by atoms with Crippen molar-refractivity contribution in [2.24, 2.45) is 0 Å². The molecule has 2 saturated heterocycles. The largest absolute Gasteiger partial charge is 0.388 e. The molecule has 0 saturated carbocycles. The maximum Gasteiger partial charge on any atom is 0.219 e. The lowest BCUT2D eigenvalue weighted by atomic mass is 9.90. The van der Waals surface area contributed by atoms with Gasteiger partial charge in [-0.3, -0.25) is 19.7 Å². The second-order valence-electron chi connectivity index (χ2n) is 6.46. The summed E-state index contributed by atoms with van der Waals surface area (Å²) in [6, 6.07) is 0. The van der Waals surface area contributed by atoms with Gasteiger partial charge in [0.25, 0.3) is 0 Å². The van der Waals surface area contributed by atoms with Gasteiger partial charge in [0.2, 0.25) is 5.91 Å². The van der Waals surface area contributed by atoms with Crippen molar-refractivity contribution in [3.63, 3.8) is 0 Å². The third-order valence-electron chi connectivity index (χ3n) is 4.72. The van der Waals surface area contributed by atoms with Crippen molar-refractivity contribution in [1.29, 1.82) is 0 Å². The quantitative estimate of drug-likeness (QED) is 0.858. The predicted octanol–water partition coefficient (Wildman–Crippen LogP) is 0.223. The lowest BCUT2D eigenvalue weighted by molar-refractivity contribution is -0.134. The smallest absolute Gasteiger partial charge is 0.219 e. The maximum absolute atomic E-state index is 11.4. The minimum absolute atomic E-state index is 0.0844. The molecular weight excluding hydrogens is 296 g/mol. The van der Waals surface area contributed by atoms with Crippen LogP contribution in [0.25, 0.3) is 0 Å². The summed E-state index contributed by atoms with van der Waals surface area (Å²) in [6.45, 7) is 5.58. The molecule has 0 aromatic carbocycles. The molecule has 23 heavy (non-hydrogen) atoms. The van der Waals surface area contributed by atoms with Crippen molar-refractivity contribution in [2.45, 2.75) is 31.5 Å². The molecule has 1 N–H and O–H groups in total. The van der Waals surface area contributed by atoms with Crippen LogP contribution in [-0.4, -0.2) is 75.7 Å². The zero-order valence-corrected chi connectivity index (χ0v) is 13.5. The van der Waals surface area contributed by atoms with E-state index in [1.807, 2.05) is 0 Å². The van der Waals surface area contributed by atoms with E-state index in [0.29, 0.717) is 45.6 Å². The van der Waals surface area contributed by atoms with Crippen molar-refractivity contribution in [1.82, 2.24) is 19.8 Å². The van der Waals surface area contributed by atoms with E-state index in [-0.39, 0.29) is 12.0 Å². The molecule has 126 valence electrons. The van der Waals surface area contributed by atoms with Gasteiger partial charge in [0.15, 0.2) is 0 Å². The Morgan fingerprint density at radius 2 is 2.17 bits per heavy atom. The van der Waals surface area contributed by atoms with E-state index < -0.39 is 5.60 Å². The van der Waals surface area contributed by atoms with Crippen LogP contribution in [-0.2, 0) is 9.53 Å². The molecule has 7 nitrogen and oxygen atoms in total. The Morgan fingerprint density at radius 3 is 2.83 bits per heavy atom. The van der Waals surface area contributed by atoms with Crippen LogP contribution in [0.2, 0.25) is 0 Å². The summed E-state index contributed by atoms with van der Waals surface area (Å²) >= 11 is 0. The normalized spacial score (nSPS) is 25.3. The van der Waals surface area contributed by atoms with E-state index in [1.165, 1.54) is 0 Å². The van der Waals surface area contributed by atoms with Gasteiger partial charge in [-0.15, -0.1) is 0 Å². The van der Waals surface area contributed by atoms with Crippen molar-refractivity contribution < 1.29 is 14.6 Å². The van der Waals surface area contributed by atoms with Crippen LogP contribution in [0.15, 0.2) is 18.6 Å². The molecule has 0 unspecified atom stereocenters. The third-order valence-corrected chi connectivity index (χ3v) is 4.72. The molecule has 0 bridgehead atoms. The van der Waals surface area contributed by atoms with Crippen molar-refractivity contribution >= 4 is 5.91 Å². The monoisotopic (exact) mass is 320 g/mol. The van der Waals surface area contributed by atoms with Gasteiger partial charge in [0, 0.05) is 52.0 Å². The third kappa shape index (κ3) is 4.04. The zero-order chi connectivity index (χ0) is 16.3. The molecule has 3 heterocycles. The Morgan fingerprint density at radius 1 is 1.39 bits per heavy atom. The fraction of sp³-hybridized carbons (Fsp3) is 0.688. The number of aliphatic hydroxyl groups is 1. The van der Waals surface area contributed by atoms with Crippen LogP contribution < -0.4 is 0 Å². The summed E-state index contributed by atoms with van der Waals surface area (Å²) in [7, 11) is 0. The number of hydrogen-bond acceptors (Lipinski definition) is 6. The van der Waals surface area contributed by atoms with Gasteiger partial charge in [-0.1, -0.05) is 0 Å². The van der Waals surface area contributed by atoms with Crippen LogP contribution in [0.4, 0.5) is 0 Å². The molecule has 2 aliphatic heterocycles. The number of piperidine rings is 1. The summed E-state index contributed by atoms with van der Waals surface area (Å²) < 4.78 is 5.79. The fourth-order valence-electron chi connectivity index (χ4n) is 3.31. The lowest BCUT2D eigenvalue weighted by Gasteiger charge is -2.42. The first-order chi connectivity index (χ1) is 11.1. The van der Waals surface area contributed by atoms with Crippen LogP contribution in [0.3, 0.4) is 0 Å². The Hall–Kier alpha value is -1.57. The van der Waals surface area contributed by atoms with Crippen LogP contribution in [0.1, 0.15) is 31.6 Å². The topological polar surface area (TPSA) is 78.8 Å². The van der Waals surface area contributed by atoms with Gasteiger partial charge in [0.05, 0.1) is 24.1 Å². The Labute approximate surface area is 136 Å². The number of morpholine rings is 1. The average molecular weight is 320 g/mol. The molecule has 1 atom stereocenters. The van der Waals surface area contributed by atoms with E-state index >= 15 is 0 Å². The summed E-state index contributed by atoms with van der Waals surface area (Å²) in [4.78, 5) is 23.8. The number of amides is 1. The fourth-order valence-corrected chi connectivity index (χ4v) is 3.31. The number of rotatable bonds is 3. The Bertz CT molecular complexity index is 531. The molecule has 1 amide bonds. The lowest BCUT2D eigenvalue weighted by Crippen LogP contribution is -2.53. The average Bonchev–Trinajstić information content (AvgIpc) is 2.56. The molecule has 3 rings (SSSR count). The highest BCUT2D eigenvalue weighted by molar-refractivity contribution is 5.73. The van der Waals surface area contributed by atoms with Gasteiger partial charge < -0.3 is 14.7 Å². The number of carbonyl (C=O) groups is 1. The van der Waals surface area contributed by atoms with Gasteiger partial charge in [-0.2, -0.15) is 0 Å². The number of nitrogens with zero attached hydrogens (tertiary/aromatic N) is 4. The van der Waals surface area contributed by atoms with Crippen LogP contribution >= 0.6 is 0 Å². The minimum Gasteiger partial charge on any atom is -0.388 e. The molecule has 7 heteroatoms. The van der Waals surface area contributed by atoms with Gasteiger partial charge >= 0.3 is 0 Å². The standard InChI is InChI=1S/C16H24N4O3/c1-13(21)20-6-2-16(22,3-7-20)12-19-8-9-23-15(11-19)14-10-17-4-5-18-14/h4-5,10,15,22H,2-3,6-9,11-12H2,1H3/t15-/m1/s1. The molecule has 0 radical (unpaired) electrons. The van der Waals surface area contributed by atoms with Crippen molar-refractivity contribution in [3.8, 4) is 0 Å². The molecule has 0 aliphatic carbocycles. The first-order valence-corrected chi connectivity index (χ1v) is 8.13. The number of β-amino-alcohol motifs (C(OH)–C–C–N with tert-alkyl or cyclic N) is 1. The molecule has 2 fully saturated rings. The second kappa shape index (κ2) is 6.90. The van der Waals surface area contributed by atoms with E-state index in [0.717, 1.165) is 12.2 Å². The van der Waals surface area contributed by atoms with E-state index in [1.54, 1.807) is 30.4 Å². The van der Waals surface area contributed by atoms with E-state index in [2.05, 4.69) is 14.9 Å². The zero-order valence-electron chi connectivity index (χ0n) is 13.5. The van der Waals surface area contributed by atoms with Gasteiger partial charge in [-0.25, -0.2) is 0 Å². The molecular formula is C16H24N4O3. The highest BCUT2D eigenvalue weighted by Gasteiger charge is 2.36. The second-order valence-corrected chi connectivity index (χ2v) is 6.46. The van der Waals surface area contributed by atoms with E-state index in [9.17, 15) is 9.90 Å². The summed E-state index contributed by atoms with van der Waals surface area (Å²) in [6.07, 6.45) is 6.20. The SMILES string of the molecule is CC(=O)N1CCC(O)(CN2CCO[C@@H](c3cnccn3)C2)CC1. The summed E-state index contributed by atoms with van der Waals surface area (Å²) in [5.74, 6) is 0.0844. The minimum atomic E-state index is -0.726. The van der Waals surface area contributed by atoms with Crippen LogP contribution in [0.5, 0.6) is 0 Å². The van der Waals surface area contributed by atoms with E-state index in [4.69, 9.17) is 4.74 Å². The molecule has 1 aromatic rings. The first kappa shape index (κ1) is 16.3. The summed E-state index contributed by atoms with van der Waals surface area (Å²) in [5.41, 5.74) is 0.103. The highest BCUT2D eigenvalue weighted by Crippen LogP contribution is 2.26. The van der Waals surface area contributed by atoms with Gasteiger partial charge in [-0.05, 0) is 12.8 Å². The Kier molecular flexibility index (Phi) is 4.89. The molecule has 0 spiro atoms.